The lowest BCUT2D eigenvalue weighted by molar-refractivity contribution is 0.201. The van der Waals surface area contributed by atoms with Crippen LogP contribution in [0.2, 0.25) is 5.02 Å². The van der Waals surface area contributed by atoms with Gasteiger partial charge in [-0.1, -0.05) is 17.7 Å². The summed E-state index contributed by atoms with van der Waals surface area (Å²) in [5.74, 6) is -0.394. The van der Waals surface area contributed by atoms with E-state index >= 15 is 0 Å². The van der Waals surface area contributed by atoms with Gasteiger partial charge in [0.15, 0.2) is 0 Å². The fraction of sp³-hybridized carbons (Fsp3) is 0.500. The number of likely N-dealkylation sites (N-methyl/N-ethyl adjacent to an activating group) is 1. The lowest BCUT2D eigenvalue weighted by Gasteiger charge is -2.30. The van der Waals surface area contributed by atoms with E-state index in [1.54, 1.807) is 6.07 Å². The minimum Gasteiger partial charge on any atom is -0.329 e. The van der Waals surface area contributed by atoms with Crippen molar-refractivity contribution in [2.24, 2.45) is 5.73 Å². The minimum atomic E-state index is -0.394. The molecule has 0 bridgehead atoms. The van der Waals surface area contributed by atoms with Gasteiger partial charge in [0, 0.05) is 18.6 Å². The number of halogens is 2. The van der Waals surface area contributed by atoms with Gasteiger partial charge in [-0.15, -0.1) is 0 Å². The molecule has 1 aromatic carbocycles. The average molecular weight is 245 g/mol. The van der Waals surface area contributed by atoms with Gasteiger partial charge in [0.25, 0.3) is 0 Å². The molecular formula is C12H18ClFN2. The van der Waals surface area contributed by atoms with E-state index in [2.05, 4.69) is 18.7 Å². The van der Waals surface area contributed by atoms with Crippen LogP contribution in [0.3, 0.4) is 0 Å². The highest BCUT2D eigenvalue weighted by Crippen LogP contribution is 2.24. The van der Waals surface area contributed by atoms with Crippen molar-refractivity contribution < 1.29 is 4.39 Å². The molecule has 0 saturated carbocycles. The van der Waals surface area contributed by atoms with Crippen LogP contribution >= 0.6 is 11.6 Å². The SMILES string of the molecule is CC(C)N(C)C(CN)c1ccc(Cl)c(F)c1. The number of benzene rings is 1. The summed E-state index contributed by atoms with van der Waals surface area (Å²) in [6.45, 7) is 4.61. The van der Waals surface area contributed by atoms with Crippen molar-refractivity contribution >= 4 is 11.6 Å². The molecule has 0 spiro atoms. The Kier molecular flexibility index (Phi) is 4.71. The van der Waals surface area contributed by atoms with Crippen LogP contribution in [-0.2, 0) is 0 Å². The largest absolute Gasteiger partial charge is 0.329 e. The Balaban J connectivity index is 2.99. The molecule has 1 unspecified atom stereocenters. The molecule has 0 aliphatic carbocycles. The molecule has 1 atom stereocenters. The Bertz CT molecular complexity index is 355. The van der Waals surface area contributed by atoms with Gasteiger partial charge in [-0.3, -0.25) is 4.90 Å². The number of hydrogen-bond acceptors (Lipinski definition) is 2. The van der Waals surface area contributed by atoms with Crippen LogP contribution < -0.4 is 5.73 Å². The van der Waals surface area contributed by atoms with Gasteiger partial charge in [-0.2, -0.15) is 0 Å². The first-order chi connectivity index (χ1) is 7.47. The molecule has 0 radical (unpaired) electrons. The molecule has 2 nitrogen and oxygen atoms in total. The van der Waals surface area contributed by atoms with E-state index in [0.29, 0.717) is 12.6 Å². The summed E-state index contributed by atoms with van der Waals surface area (Å²) in [4.78, 5) is 2.11. The zero-order valence-corrected chi connectivity index (χ0v) is 10.6. The zero-order chi connectivity index (χ0) is 12.3. The molecule has 0 heterocycles. The van der Waals surface area contributed by atoms with Crippen molar-refractivity contribution in [1.29, 1.82) is 0 Å². The second-order valence-electron chi connectivity index (χ2n) is 4.18. The predicted octanol–water partition coefficient (Wildman–Crippen LogP) is 2.82. The standard InChI is InChI=1S/C12H18ClFN2/c1-8(2)16(3)12(7-15)9-4-5-10(13)11(14)6-9/h4-6,8,12H,7,15H2,1-3H3. The summed E-state index contributed by atoms with van der Waals surface area (Å²) < 4.78 is 13.3. The number of rotatable bonds is 4. The van der Waals surface area contributed by atoms with Crippen LogP contribution in [0.15, 0.2) is 18.2 Å². The topological polar surface area (TPSA) is 29.3 Å². The van der Waals surface area contributed by atoms with Crippen molar-refractivity contribution in [2.45, 2.75) is 25.9 Å². The highest BCUT2D eigenvalue weighted by molar-refractivity contribution is 6.30. The number of nitrogens with two attached hydrogens (primary N) is 1. The maximum atomic E-state index is 13.3. The summed E-state index contributed by atoms with van der Waals surface area (Å²) in [5.41, 5.74) is 6.60. The van der Waals surface area contributed by atoms with Gasteiger partial charge in [0.2, 0.25) is 0 Å². The van der Waals surface area contributed by atoms with Crippen LogP contribution in [0.1, 0.15) is 25.5 Å². The third-order valence-electron chi connectivity index (χ3n) is 2.86. The van der Waals surface area contributed by atoms with E-state index in [9.17, 15) is 4.39 Å². The smallest absolute Gasteiger partial charge is 0.142 e. The van der Waals surface area contributed by atoms with Crippen LogP contribution in [-0.4, -0.2) is 24.5 Å². The van der Waals surface area contributed by atoms with Gasteiger partial charge >= 0.3 is 0 Å². The van der Waals surface area contributed by atoms with Crippen LogP contribution in [0.25, 0.3) is 0 Å². The van der Waals surface area contributed by atoms with E-state index in [1.165, 1.54) is 6.07 Å². The average Bonchev–Trinajstić information content (AvgIpc) is 2.24. The highest BCUT2D eigenvalue weighted by Gasteiger charge is 2.18. The first-order valence-corrected chi connectivity index (χ1v) is 5.72. The highest BCUT2D eigenvalue weighted by atomic mass is 35.5. The van der Waals surface area contributed by atoms with Crippen molar-refractivity contribution in [1.82, 2.24) is 4.90 Å². The molecule has 0 aliphatic heterocycles. The van der Waals surface area contributed by atoms with Gasteiger partial charge < -0.3 is 5.73 Å². The Morgan fingerprint density at radius 3 is 2.50 bits per heavy atom. The lowest BCUT2D eigenvalue weighted by Crippen LogP contribution is -2.35. The number of nitrogens with zero attached hydrogens (tertiary/aromatic N) is 1. The second-order valence-corrected chi connectivity index (χ2v) is 4.59. The first-order valence-electron chi connectivity index (χ1n) is 5.34. The molecular weight excluding hydrogens is 227 g/mol. The van der Waals surface area contributed by atoms with Crippen molar-refractivity contribution in [3.05, 3.63) is 34.6 Å². The Labute approximate surface area is 101 Å². The summed E-state index contributed by atoms with van der Waals surface area (Å²) in [7, 11) is 1.98. The van der Waals surface area contributed by atoms with E-state index in [-0.39, 0.29) is 11.1 Å². The van der Waals surface area contributed by atoms with E-state index < -0.39 is 5.82 Å². The van der Waals surface area contributed by atoms with Gasteiger partial charge in [-0.05, 0) is 38.6 Å². The quantitative estimate of drug-likeness (QED) is 0.883. The molecule has 16 heavy (non-hydrogen) atoms. The zero-order valence-electron chi connectivity index (χ0n) is 9.87. The van der Waals surface area contributed by atoms with Gasteiger partial charge in [-0.25, -0.2) is 4.39 Å². The summed E-state index contributed by atoms with van der Waals surface area (Å²) in [5, 5.41) is 0.145. The minimum absolute atomic E-state index is 0.0202. The maximum absolute atomic E-state index is 13.3. The molecule has 90 valence electrons. The fourth-order valence-electron chi connectivity index (χ4n) is 1.62. The molecule has 1 aromatic rings. The van der Waals surface area contributed by atoms with E-state index in [0.717, 1.165) is 5.56 Å². The van der Waals surface area contributed by atoms with Crippen molar-refractivity contribution in [2.75, 3.05) is 13.6 Å². The van der Waals surface area contributed by atoms with E-state index in [4.69, 9.17) is 17.3 Å². The molecule has 0 saturated heterocycles. The number of hydrogen-bond donors (Lipinski definition) is 1. The monoisotopic (exact) mass is 244 g/mol. The molecule has 0 amide bonds. The lowest BCUT2D eigenvalue weighted by atomic mass is 10.0. The summed E-state index contributed by atoms with van der Waals surface area (Å²) >= 11 is 5.65. The molecule has 0 fully saturated rings. The summed E-state index contributed by atoms with van der Waals surface area (Å²) in [6, 6.07) is 5.22. The van der Waals surface area contributed by atoms with Crippen molar-refractivity contribution in [3.8, 4) is 0 Å². The predicted molar refractivity (Wildman–Crippen MR) is 66.1 cm³/mol. The molecule has 2 N–H and O–H groups in total. The van der Waals surface area contributed by atoms with Crippen LogP contribution in [0.5, 0.6) is 0 Å². The van der Waals surface area contributed by atoms with Crippen LogP contribution in [0, 0.1) is 5.82 Å². The fourth-order valence-corrected chi connectivity index (χ4v) is 1.73. The first kappa shape index (κ1) is 13.4. The molecule has 0 aromatic heterocycles. The maximum Gasteiger partial charge on any atom is 0.142 e. The normalized spacial score (nSPS) is 13.5. The molecule has 0 aliphatic rings. The molecule has 1 rings (SSSR count). The molecule has 4 heteroatoms. The Hall–Kier alpha value is -0.640. The third kappa shape index (κ3) is 2.94. The Morgan fingerprint density at radius 2 is 2.06 bits per heavy atom. The van der Waals surface area contributed by atoms with Gasteiger partial charge in [0.1, 0.15) is 5.82 Å². The second kappa shape index (κ2) is 5.62. The van der Waals surface area contributed by atoms with Gasteiger partial charge in [0.05, 0.1) is 5.02 Å². The summed E-state index contributed by atoms with van der Waals surface area (Å²) in [6.07, 6.45) is 0. The third-order valence-corrected chi connectivity index (χ3v) is 3.16. The van der Waals surface area contributed by atoms with Crippen LogP contribution in [0.4, 0.5) is 4.39 Å². The van der Waals surface area contributed by atoms with Crippen molar-refractivity contribution in [3.63, 3.8) is 0 Å². The Morgan fingerprint density at radius 1 is 1.44 bits per heavy atom. The van der Waals surface area contributed by atoms with E-state index in [1.807, 2.05) is 13.1 Å².